The van der Waals surface area contributed by atoms with Crippen LogP contribution in [0.2, 0.25) is 0 Å². The van der Waals surface area contributed by atoms with Crippen LogP contribution in [-0.4, -0.2) is 46.5 Å². The number of hydrogen-bond donors (Lipinski definition) is 3. The van der Waals surface area contributed by atoms with Gasteiger partial charge in [-0.05, 0) is 11.6 Å². The van der Waals surface area contributed by atoms with Gasteiger partial charge in [-0.3, -0.25) is 9.59 Å². The summed E-state index contributed by atoms with van der Waals surface area (Å²) < 4.78 is 38.6. The quantitative estimate of drug-likeness (QED) is 0.361. The predicted molar refractivity (Wildman–Crippen MR) is 123 cm³/mol. The number of aliphatic hydroxyl groups excluding tert-OH is 2. The number of nitrogens with one attached hydrogen (secondary N) is 1. The van der Waals surface area contributed by atoms with Gasteiger partial charge in [0.2, 0.25) is 5.43 Å². The number of amides is 1. The number of esters is 1. The maximum absolute atomic E-state index is 14.0. The lowest BCUT2D eigenvalue weighted by Crippen LogP contribution is -2.34. The van der Waals surface area contributed by atoms with Crippen molar-refractivity contribution in [1.29, 1.82) is 0 Å². The first-order chi connectivity index (χ1) is 17.2. The fourth-order valence-electron chi connectivity index (χ4n) is 3.34. The number of methoxy groups -OCH3 is 1. The minimum atomic E-state index is -1.35. The summed E-state index contributed by atoms with van der Waals surface area (Å²) in [6.45, 7) is -1.54. The van der Waals surface area contributed by atoms with Crippen LogP contribution in [0, 0.1) is 11.6 Å². The van der Waals surface area contributed by atoms with Crippen molar-refractivity contribution >= 4 is 11.9 Å². The van der Waals surface area contributed by atoms with Crippen LogP contribution >= 0.6 is 0 Å². The third kappa shape index (κ3) is 6.32. The minimum Gasteiger partial charge on any atom is -0.482 e. The standard InChI is InChI=1S/C25H24F2N2O7/c1-35-25(34)21-23(36-14-15-5-3-2-4-6-15)22(32)19(12-29(21)11-18(31)13-30)24(33)28-10-16-7-8-17(26)9-20(16)27/h2-9,12,18,30-31H,10-11,13-14H2,1H3,(H,28,33). The Morgan fingerprint density at radius 1 is 1.14 bits per heavy atom. The van der Waals surface area contributed by atoms with Crippen molar-refractivity contribution in [3.8, 4) is 5.75 Å². The zero-order valence-corrected chi connectivity index (χ0v) is 19.2. The van der Waals surface area contributed by atoms with E-state index in [0.717, 1.165) is 30.0 Å². The van der Waals surface area contributed by atoms with E-state index in [2.05, 4.69) is 5.32 Å². The monoisotopic (exact) mass is 502 g/mol. The second kappa shape index (κ2) is 12.0. The van der Waals surface area contributed by atoms with Crippen LogP contribution in [0.15, 0.2) is 59.5 Å². The molecule has 0 saturated carbocycles. The van der Waals surface area contributed by atoms with E-state index in [1.807, 2.05) is 0 Å². The van der Waals surface area contributed by atoms with Crippen LogP contribution in [-0.2, 0) is 24.4 Å². The molecule has 0 aliphatic carbocycles. The number of carbonyl (C=O) groups excluding carboxylic acids is 2. The van der Waals surface area contributed by atoms with Gasteiger partial charge in [-0.15, -0.1) is 0 Å². The molecule has 0 saturated heterocycles. The van der Waals surface area contributed by atoms with Crippen LogP contribution in [0.4, 0.5) is 8.78 Å². The fraction of sp³-hybridized carbons (Fsp3) is 0.240. The van der Waals surface area contributed by atoms with E-state index in [9.17, 15) is 33.4 Å². The number of aliphatic hydroxyl groups is 2. The van der Waals surface area contributed by atoms with E-state index in [1.165, 1.54) is 0 Å². The molecule has 0 radical (unpaired) electrons. The van der Waals surface area contributed by atoms with Gasteiger partial charge in [0.25, 0.3) is 5.91 Å². The highest BCUT2D eigenvalue weighted by Gasteiger charge is 2.27. The maximum Gasteiger partial charge on any atom is 0.358 e. The fourth-order valence-corrected chi connectivity index (χ4v) is 3.34. The Hall–Kier alpha value is -4.09. The normalized spacial score (nSPS) is 11.6. The van der Waals surface area contributed by atoms with Crippen molar-refractivity contribution in [2.45, 2.75) is 25.8 Å². The lowest BCUT2D eigenvalue weighted by molar-refractivity contribution is 0.0556. The van der Waals surface area contributed by atoms with Crippen LogP contribution < -0.4 is 15.5 Å². The molecule has 1 aromatic heterocycles. The second-order valence-electron chi connectivity index (χ2n) is 7.72. The van der Waals surface area contributed by atoms with Crippen molar-refractivity contribution in [2.75, 3.05) is 13.7 Å². The highest BCUT2D eigenvalue weighted by Crippen LogP contribution is 2.19. The summed E-state index contributed by atoms with van der Waals surface area (Å²) >= 11 is 0. The molecule has 190 valence electrons. The first kappa shape index (κ1) is 26.5. The summed E-state index contributed by atoms with van der Waals surface area (Å²) in [7, 11) is 1.08. The SMILES string of the molecule is COC(=O)c1c(OCc2ccccc2)c(=O)c(C(=O)NCc2ccc(F)cc2F)cn1CC(O)CO. The number of pyridine rings is 1. The molecule has 1 heterocycles. The van der Waals surface area contributed by atoms with E-state index in [0.29, 0.717) is 11.6 Å². The molecular weight excluding hydrogens is 478 g/mol. The molecule has 0 aliphatic rings. The summed E-state index contributed by atoms with van der Waals surface area (Å²) in [6.07, 6.45) is -0.332. The van der Waals surface area contributed by atoms with Crippen LogP contribution in [0.1, 0.15) is 32.0 Å². The van der Waals surface area contributed by atoms with Gasteiger partial charge in [0.15, 0.2) is 11.4 Å². The summed E-state index contributed by atoms with van der Waals surface area (Å²) in [5, 5.41) is 21.6. The van der Waals surface area contributed by atoms with Gasteiger partial charge in [0.05, 0.1) is 26.4 Å². The molecular formula is C25H24F2N2O7. The van der Waals surface area contributed by atoms with Crippen LogP contribution in [0.3, 0.4) is 0 Å². The molecule has 1 unspecified atom stereocenters. The molecule has 0 spiro atoms. The van der Waals surface area contributed by atoms with Gasteiger partial charge in [0.1, 0.15) is 23.8 Å². The molecule has 9 nitrogen and oxygen atoms in total. The number of hydrogen-bond acceptors (Lipinski definition) is 7. The Morgan fingerprint density at radius 2 is 1.86 bits per heavy atom. The van der Waals surface area contributed by atoms with E-state index in [1.54, 1.807) is 30.3 Å². The van der Waals surface area contributed by atoms with E-state index in [4.69, 9.17) is 9.47 Å². The van der Waals surface area contributed by atoms with Gasteiger partial charge in [-0.25, -0.2) is 13.6 Å². The Morgan fingerprint density at radius 3 is 2.50 bits per heavy atom. The number of benzene rings is 2. The Kier molecular flexibility index (Phi) is 8.87. The van der Waals surface area contributed by atoms with E-state index in [-0.39, 0.29) is 31.0 Å². The van der Waals surface area contributed by atoms with Gasteiger partial charge in [0, 0.05) is 24.4 Å². The molecule has 11 heteroatoms. The zero-order valence-electron chi connectivity index (χ0n) is 19.2. The van der Waals surface area contributed by atoms with E-state index >= 15 is 0 Å². The summed E-state index contributed by atoms with van der Waals surface area (Å²) in [5.41, 5.74) is -1.15. The van der Waals surface area contributed by atoms with Crippen molar-refractivity contribution in [1.82, 2.24) is 9.88 Å². The zero-order chi connectivity index (χ0) is 26.2. The average molecular weight is 502 g/mol. The van der Waals surface area contributed by atoms with Crippen LogP contribution in [0.5, 0.6) is 5.75 Å². The highest BCUT2D eigenvalue weighted by molar-refractivity contribution is 5.96. The second-order valence-corrected chi connectivity index (χ2v) is 7.72. The predicted octanol–water partition coefficient (Wildman–Crippen LogP) is 1.78. The minimum absolute atomic E-state index is 0.0208. The number of halogens is 2. The lowest BCUT2D eigenvalue weighted by atomic mass is 10.1. The lowest BCUT2D eigenvalue weighted by Gasteiger charge is -2.19. The molecule has 0 fully saturated rings. The molecule has 36 heavy (non-hydrogen) atoms. The molecule has 3 N–H and O–H groups in total. The van der Waals surface area contributed by atoms with Crippen LogP contribution in [0.25, 0.3) is 0 Å². The average Bonchev–Trinajstić information content (AvgIpc) is 2.87. The number of rotatable bonds is 10. The first-order valence-corrected chi connectivity index (χ1v) is 10.8. The molecule has 0 bridgehead atoms. The topological polar surface area (TPSA) is 127 Å². The molecule has 1 atom stereocenters. The summed E-state index contributed by atoms with van der Waals surface area (Å²) in [4.78, 5) is 38.7. The smallest absolute Gasteiger partial charge is 0.358 e. The third-order valence-electron chi connectivity index (χ3n) is 5.16. The molecule has 1 amide bonds. The van der Waals surface area contributed by atoms with Crippen molar-refractivity contribution in [2.24, 2.45) is 0 Å². The molecule has 3 rings (SSSR count). The summed E-state index contributed by atoms with van der Waals surface area (Å²) in [5.74, 6) is -4.08. The molecule has 0 aliphatic heterocycles. The largest absolute Gasteiger partial charge is 0.482 e. The van der Waals surface area contributed by atoms with Gasteiger partial charge < -0.3 is 29.6 Å². The number of carbonyl (C=O) groups is 2. The maximum atomic E-state index is 14.0. The van der Waals surface area contributed by atoms with Gasteiger partial charge in [-0.2, -0.15) is 0 Å². The summed E-state index contributed by atoms with van der Waals surface area (Å²) in [6, 6.07) is 11.5. The first-order valence-electron chi connectivity index (χ1n) is 10.8. The van der Waals surface area contributed by atoms with Gasteiger partial charge in [-0.1, -0.05) is 36.4 Å². The Labute approximate surface area is 204 Å². The number of ether oxygens (including phenoxy) is 2. The highest BCUT2D eigenvalue weighted by atomic mass is 19.1. The van der Waals surface area contributed by atoms with Crippen molar-refractivity contribution < 1.29 is 38.1 Å². The Balaban J connectivity index is 2.03. The van der Waals surface area contributed by atoms with Gasteiger partial charge >= 0.3 is 5.97 Å². The Bertz CT molecular complexity index is 1300. The molecule has 2 aromatic carbocycles. The third-order valence-corrected chi connectivity index (χ3v) is 5.16. The van der Waals surface area contributed by atoms with Crippen molar-refractivity contribution in [3.05, 3.63) is 99.0 Å². The molecule has 3 aromatic rings. The van der Waals surface area contributed by atoms with Crippen molar-refractivity contribution in [3.63, 3.8) is 0 Å². The van der Waals surface area contributed by atoms with E-state index < -0.39 is 53.0 Å². The number of nitrogens with zero attached hydrogens (tertiary/aromatic N) is 1. The number of aromatic nitrogens is 1.